The number of nitrogen functional groups attached to an aromatic ring is 1. The molecule has 1 heterocycles. The summed E-state index contributed by atoms with van der Waals surface area (Å²) >= 11 is 0. The van der Waals surface area contributed by atoms with Gasteiger partial charge < -0.3 is 11.1 Å². The number of hydrogen-bond donors (Lipinski definition) is 2. The molecule has 0 unspecified atom stereocenters. The van der Waals surface area contributed by atoms with Gasteiger partial charge in [0.05, 0.1) is 24.0 Å². The quantitative estimate of drug-likeness (QED) is 0.756. The largest absolute Gasteiger partial charge is 0.398 e. The molecule has 3 N–H and O–H groups in total. The highest BCUT2D eigenvalue weighted by Gasteiger charge is 1.99. The first-order chi connectivity index (χ1) is 8.29. The predicted octanol–water partition coefficient (Wildman–Crippen LogP) is 0.844. The summed E-state index contributed by atoms with van der Waals surface area (Å²) in [5.41, 5.74) is 7.58. The highest BCUT2D eigenvalue weighted by atomic mass is 15.4. The number of anilines is 2. The minimum absolute atomic E-state index is 0.484. The van der Waals surface area contributed by atoms with E-state index >= 15 is 0 Å². The second-order valence-electron chi connectivity index (χ2n) is 3.51. The minimum Gasteiger partial charge on any atom is -0.398 e. The number of nitrogens with zero attached hydrogens (tertiary/aromatic N) is 4. The second-order valence-corrected chi connectivity index (χ2v) is 3.51. The maximum atomic E-state index is 8.74. The van der Waals surface area contributed by atoms with Gasteiger partial charge in [0.15, 0.2) is 0 Å². The fourth-order valence-corrected chi connectivity index (χ4v) is 1.44. The zero-order valence-corrected chi connectivity index (χ0v) is 9.17. The zero-order valence-electron chi connectivity index (χ0n) is 9.17. The Bertz CT molecular complexity index is 525. The van der Waals surface area contributed by atoms with Crippen LogP contribution in [0.4, 0.5) is 11.4 Å². The Labute approximate surface area is 98.7 Å². The van der Waals surface area contributed by atoms with E-state index in [2.05, 4.69) is 15.6 Å². The third kappa shape index (κ3) is 2.72. The van der Waals surface area contributed by atoms with Gasteiger partial charge in [0, 0.05) is 18.4 Å². The average Bonchev–Trinajstić information content (AvgIpc) is 2.82. The van der Waals surface area contributed by atoms with E-state index < -0.39 is 0 Å². The molecule has 0 aliphatic carbocycles. The smallest absolute Gasteiger partial charge is 0.101 e. The van der Waals surface area contributed by atoms with E-state index in [0.717, 1.165) is 12.2 Å². The normalized spacial score (nSPS) is 9.82. The molecular weight excluding hydrogens is 216 g/mol. The molecular formula is C11H12N6. The molecule has 0 fully saturated rings. The number of rotatable bonds is 4. The zero-order chi connectivity index (χ0) is 12.1. The van der Waals surface area contributed by atoms with E-state index in [1.807, 2.05) is 12.1 Å². The molecule has 6 nitrogen and oxygen atoms in total. The van der Waals surface area contributed by atoms with E-state index in [-0.39, 0.29) is 0 Å². The Morgan fingerprint density at radius 2 is 2.35 bits per heavy atom. The third-order valence-electron chi connectivity index (χ3n) is 2.31. The molecule has 1 aromatic heterocycles. The van der Waals surface area contributed by atoms with Crippen LogP contribution in [0.15, 0.2) is 30.6 Å². The number of aromatic nitrogens is 3. The molecule has 0 saturated carbocycles. The number of nitrogens with two attached hydrogens (primary N) is 1. The second kappa shape index (κ2) is 4.99. The van der Waals surface area contributed by atoms with Crippen molar-refractivity contribution in [2.45, 2.75) is 6.54 Å². The molecule has 0 radical (unpaired) electrons. The summed E-state index contributed by atoms with van der Waals surface area (Å²) in [5, 5.41) is 19.5. The summed E-state index contributed by atoms with van der Waals surface area (Å²) < 4.78 is 1.74. The molecule has 6 heteroatoms. The third-order valence-corrected chi connectivity index (χ3v) is 2.31. The Morgan fingerprint density at radius 1 is 1.47 bits per heavy atom. The number of hydrogen-bond acceptors (Lipinski definition) is 5. The monoisotopic (exact) mass is 228 g/mol. The van der Waals surface area contributed by atoms with E-state index in [0.29, 0.717) is 17.8 Å². The summed E-state index contributed by atoms with van der Waals surface area (Å²) in [4.78, 5) is 0. The van der Waals surface area contributed by atoms with Crippen LogP contribution in [-0.2, 0) is 6.54 Å². The van der Waals surface area contributed by atoms with Gasteiger partial charge >= 0.3 is 0 Å². The van der Waals surface area contributed by atoms with Crippen LogP contribution in [0, 0.1) is 11.3 Å². The van der Waals surface area contributed by atoms with Crippen LogP contribution in [0.2, 0.25) is 0 Å². The van der Waals surface area contributed by atoms with Gasteiger partial charge in [-0.25, -0.2) is 0 Å². The fraction of sp³-hybridized carbons (Fsp3) is 0.182. The first-order valence-corrected chi connectivity index (χ1v) is 5.17. The van der Waals surface area contributed by atoms with Crippen LogP contribution < -0.4 is 11.1 Å². The summed E-state index contributed by atoms with van der Waals surface area (Å²) in [5.74, 6) is 0. The van der Waals surface area contributed by atoms with Crippen LogP contribution in [0.3, 0.4) is 0 Å². The van der Waals surface area contributed by atoms with Crippen molar-refractivity contribution in [1.82, 2.24) is 15.0 Å². The molecule has 0 saturated heterocycles. The molecule has 0 amide bonds. The molecule has 2 aromatic rings. The highest BCUT2D eigenvalue weighted by molar-refractivity contribution is 5.62. The van der Waals surface area contributed by atoms with Gasteiger partial charge in [-0.1, -0.05) is 5.21 Å². The molecule has 2 rings (SSSR count). The van der Waals surface area contributed by atoms with Crippen molar-refractivity contribution in [3.05, 3.63) is 36.2 Å². The van der Waals surface area contributed by atoms with Gasteiger partial charge in [0.1, 0.15) is 6.07 Å². The number of nitrogens with one attached hydrogen (secondary N) is 1. The maximum Gasteiger partial charge on any atom is 0.101 e. The van der Waals surface area contributed by atoms with Crippen molar-refractivity contribution < 1.29 is 0 Å². The summed E-state index contributed by atoms with van der Waals surface area (Å²) in [6, 6.07) is 7.31. The number of nitriles is 1. The van der Waals surface area contributed by atoms with E-state index in [4.69, 9.17) is 11.0 Å². The molecule has 0 aliphatic heterocycles. The minimum atomic E-state index is 0.484. The van der Waals surface area contributed by atoms with Gasteiger partial charge in [-0.3, -0.25) is 4.68 Å². The van der Waals surface area contributed by atoms with Crippen LogP contribution in [0.1, 0.15) is 5.56 Å². The van der Waals surface area contributed by atoms with Gasteiger partial charge in [-0.2, -0.15) is 5.26 Å². The Morgan fingerprint density at radius 3 is 3.00 bits per heavy atom. The van der Waals surface area contributed by atoms with Crippen molar-refractivity contribution in [1.29, 1.82) is 5.26 Å². The van der Waals surface area contributed by atoms with Gasteiger partial charge in [-0.05, 0) is 18.2 Å². The van der Waals surface area contributed by atoms with Crippen molar-refractivity contribution in [3.63, 3.8) is 0 Å². The van der Waals surface area contributed by atoms with Crippen molar-refractivity contribution in [2.24, 2.45) is 0 Å². The topological polar surface area (TPSA) is 92.5 Å². The predicted molar refractivity (Wildman–Crippen MR) is 64.1 cm³/mol. The Balaban J connectivity index is 1.91. The van der Waals surface area contributed by atoms with Crippen LogP contribution >= 0.6 is 0 Å². The van der Waals surface area contributed by atoms with Crippen molar-refractivity contribution in [2.75, 3.05) is 17.6 Å². The summed E-state index contributed by atoms with van der Waals surface area (Å²) in [6.07, 6.45) is 3.44. The lowest BCUT2D eigenvalue weighted by atomic mass is 10.2. The molecule has 86 valence electrons. The van der Waals surface area contributed by atoms with Crippen molar-refractivity contribution >= 4 is 11.4 Å². The SMILES string of the molecule is N#Cc1ccc(NCCn2ccnn2)cc1N. The summed E-state index contributed by atoms with van der Waals surface area (Å²) in [6.45, 7) is 1.44. The van der Waals surface area contributed by atoms with Crippen LogP contribution in [0.25, 0.3) is 0 Å². The fourth-order valence-electron chi connectivity index (χ4n) is 1.44. The lowest BCUT2D eigenvalue weighted by Gasteiger charge is -2.07. The lowest BCUT2D eigenvalue weighted by molar-refractivity contribution is 0.609. The molecule has 0 spiro atoms. The molecule has 1 aromatic carbocycles. The van der Waals surface area contributed by atoms with Crippen LogP contribution in [-0.4, -0.2) is 21.5 Å². The van der Waals surface area contributed by atoms with Gasteiger partial charge in [0.25, 0.3) is 0 Å². The first kappa shape index (κ1) is 11.0. The standard InChI is InChI=1S/C11H12N6/c12-8-9-1-2-10(7-11(9)13)14-3-5-17-6-4-15-16-17/h1-2,4,6-7,14H,3,5,13H2. The van der Waals surface area contributed by atoms with Gasteiger partial charge in [-0.15, -0.1) is 5.10 Å². The van der Waals surface area contributed by atoms with E-state index in [1.54, 1.807) is 29.2 Å². The average molecular weight is 228 g/mol. The Kier molecular flexibility index (Phi) is 3.21. The lowest BCUT2D eigenvalue weighted by Crippen LogP contribution is -2.11. The van der Waals surface area contributed by atoms with Gasteiger partial charge in [0.2, 0.25) is 0 Å². The molecule has 0 aliphatic rings. The van der Waals surface area contributed by atoms with Crippen LogP contribution in [0.5, 0.6) is 0 Å². The summed E-state index contributed by atoms with van der Waals surface area (Å²) in [7, 11) is 0. The number of benzene rings is 1. The van der Waals surface area contributed by atoms with E-state index in [9.17, 15) is 0 Å². The molecule has 17 heavy (non-hydrogen) atoms. The van der Waals surface area contributed by atoms with Crippen molar-refractivity contribution in [3.8, 4) is 6.07 Å². The van der Waals surface area contributed by atoms with E-state index in [1.165, 1.54) is 0 Å². The Hall–Kier alpha value is -2.55. The molecule has 0 atom stereocenters. The first-order valence-electron chi connectivity index (χ1n) is 5.17. The maximum absolute atomic E-state index is 8.74. The molecule has 0 bridgehead atoms. The highest BCUT2D eigenvalue weighted by Crippen LogP contribution is 2.16.